The van der Waals surface area contributed by atoms with Crippen LogP contribution in [0.25, 0.3) is 0 Å². The van der Waals surface area contributed by atoms with E-state index in [0.29, 0.717) is 22.7 Å². The number of nitrogens with two attached hydrogens (primary N) is 1. The third-order valence-electron chi connectivity index (χ3n) is 4.01. The van der Waals surface area contributed by atoms with Crippen LogP contribution >= 0.6 is 0 Å². The summed E-state index contributed by atoms with van der Waals surface area (Å²) in [7, 11) is 0. The first kappa shape index (κ1) is 13.9. The zero-order chi connectivity index (χ0) is 14.0. The maximum absolute atomic E-state index is 11.4. The molecule has 1 aliphatic carbocycles. The number of ketones is 1. The number of benzene rings is 1. The summed E-state index contributed by atoms with van der Waals surface area (Å²) in [5.74, 6) is 0.0165. The smallest absolute Gasteiger partial charge is 0.161 e. The standard InChI is InChI=1S/C16H24N2O/c1-11(19)14-7-6-12(9-15(14)17)18-13-5-4-8-16(2,3)10-13/h6-7,9,13,18H,4-5,8,10,17H2,1-3H3. The molecule has 1 unspecified atom stereocenters. The minimum absolute atomic E-state index is 0.0165. The topological polar surface area (TPSA) is 55.1 Å². The number of hydrogen-bond acceptors (Lipinski definition) is 3. The summed E-state index contributed by atoms with van der Waals surface area (Å²) in [5.41, 5.74) is 8.52. The average molecular weight is 260 g/mol. The predicted molar refractivity (Wildman–Crippen MR) is 80.5 cm³/mol. The van der Waals surface area contributed by atoms with Gasteiger partial charge in [0.2, 0.25) is 0 Å². The molecule has 104 valence electrons. The first-order valence-corrected chi connectivity index (χ1v) is 7.04. The van der Waals surface area contributed by atoms with Crippen molar-refractivity contribution in [2.45, 2.75) is 52.5 Å². The SMILES string of the molecule is CC(=O)c1ccc(NC2CCCC(C)(C)C2)cc1N. The van der Waals surface area contributed by atoms with Gasteiger partial charge in [-0.15, -0.1) is 0 Å². The Balaban J connectivity index is 2.07. The van der Waals surface area contributed by atoms with Gasteiger partial charge in [-0.2, -0.15) is 0 Å². The monoisotopic (exact) mass is 260 g/mol. The number of anilines is 2. The van der Waals surface area contributed by atoms with Crippen molar-refractivity contribution in [2.24, 2.45) is 5.41 Å². The molecular weight excluding hydrogens is 236 g/mol. The zero-order valence-electron chi connectivity index (χ0n) is 12.1. The van der Waals surface area contributed by atoms with E-state index in [0.717, 1.165) is 5.69 Å². The lowest BCUT2D eigenvalue weighted by molar-refractivity contribution is 0.101. The van der Waals surface area contributed by atoms with Gasteiger partial charge >= 0.3 is 0 Å². The third-order valence-corrected chi connectivity index (χ3v) is 4.01. The maximum atomic E-state index is 11.4. The minimum atomic E-state index is 0.0165. The van der Waals surface area contributed by atoms with E-state index >= 15 is 0 Å². The molecule has 3 nitrogen and oxygen atoms in total. The largest absolute Gasteiger partial charge is 0.398 e. The molecule has 0 amide bonds. The number of Topliss-reactive ketones (excluding diaryl/α,β-unsaturated/α-hetero) is 1. The van der Waals surface area contributed by atoms with Gasteiger partial charge in [0.25, 0.3) is 0 Å². The molecule has 0 aromatic heterocycles. The van der Waals surface area contributed by atoms with Gasteiger partial charge in [-0.3, -0.25) is 4.79 Å². The molecule has 0 radical (unpaired) electrons. The normalized spacial score (nSPS) is 21.9. The molecule has 2 rings (SSSR count). The van der Waals surface area contributed by atoms with Crippen molar-refractivity contribution >= 4 is 17.2 Å². The number of carbonyl (C=O) groups is 1. The third kappa shape index (κ3) is 3.49. The molecule has 1 saturated carbocycles. The van der Waals surface area contributed by atoms with E-state index in [1.165, 1.54) is 25.7 Å². The van der Waals surface area contributed by atoms with Crippen molar-refractivity contribution in [3.8, 4) is 0 Å². The van der Waals surface area contributed by atoms with Crippen LogP contribution in [-0.2, 0) is 0 Å². The summed E-state index contributed by atoms with van der Waals surface area (Å²) in [5, 5.41) is 3.55. The van der Waals surface area contributed by atoms with Crippen LogP contribution in [0.15, 0.2) is 18.2 Å². The van der Waals surface area contributed by atoms with Crippen LogP contribution in [0.3, 0.4) is 0 Å². The van der Waals surface area contributed by atoms with E-state index in [4.69, 9.17) is 5.73 Å². The summed E-state index contributed by atoms with van der Waals surface area (Å²) < 4.78 is 0. The number of carbonyl (C=O) groups excluding carboxylic acids is 1. The summed E-state index contributed by atoms with van der Waals surface area (Å²) in [6, 6.07) is 6.15. The Labute approximate surface area is 115 Å². The second-order valence-electron chi connectivity index (χ2n) is 6.46. The van der Waals surface area contributed by atoms with E-state index in [1.807, 2.05) is 18.2 Å². The maximum Gasteiger partial charge on any atom is 0.161 e. The second-order valence-corrected chi connectivity index (χ2v) is 6.46. The van der Waals surface area contributed by atoms with Gasteiger partial charge in [0.15, 0.2) is 5.78 Å². The van der Waals surface area contributed by atoms with Crippen molar-refractivity contribution in [1.29, 1.82) is 0 Å². The minimum Gasteiger partial charge on any atom is -0.398 e. The van der Waals surface area contributed by atoms with Gasteiger partial charge in [0.1, 0.15) is 0 Å². The average Bonchev–Trinajstić information content (AvgIpc) is 2.27. The molecule has 0 aliphatic heterocycles. The predicted octanol–water partition coefficient (Wildman–Crippen LogP) is 3.85. The van der Waals surface area contributed by atoms with Crippen LogP contribution in [0.5, 0.6) is 0 Å². The fourth-order valence-corrected chi connectivity index (χ4v) is 3.03. The van der Waals surface area contributed by atoms with Crippen molar-refractivity contribution in [3.63, 3.8) is 0 Å². The lowest BCUT2D eigenvalue weighted by atomic mass is 9.75. The molecule has 0 bridgehead atoms. The zero-order valence-corrected chi connectivity index (χ0v) is 12.1. The van der Waals surface area contributed by atoms with Crippen LogP contribution in [0.1, 0.15) is 56.8 Å². The van der Waals surface area contributed by atoms with Crippen LogP contribution in [0.4, 0.5) is 11.4 Å². The van der Waals surface area contributed by atoms with E-state index in [9.17, 15) is 4.79 Å². The van der Waals surface area contributed by atoms with E-state index in [-0.39, 0.29) is 5.78 Å². The van der Waals surface area contributed by atoms with E-state index < -0.39 is 0 Å². The second kappa shape index (κ2) is 5.24. The Morgan fingerprint density at radius 1 is 1.42 bits per heavy atom. The molecule has 3 N–H and O–H groups in total. The Morgan fingerprint density at radius 3 is 2.74 bits per heavy atom. The Morgan fingerprint density at radius 2 is 2.16 bits per heavy atom. The summed E-state index contributed by atoms with van der Waals surface area (Å²) >= 11 is 0. The van der Waals surface area contributed by atoms with E-state index in [2.05, 4.69) is 19.2 Å². The van der Waals surface area contributed by atoms with Gasteiger partial charge in [-0.1, -0.05) is 20.3 Å². The highest BCUT2D eigenvalue weighted by Gasteiger charge is 2.27. The molecule has 0 saturated heterocycles. The molecule has 0 heterocycles. The van der Waals surface area contributed by atoms with Crippen LogP contribution in [0, 0.1) is 5.41 Å². The Kier molecular flexibility index (Phi) is 3.83. The molecule has 1 atom stereocenters. The summed E-state index contributed by atoms with van der Waals surface area (Å²) in [6.45, 7) is 6.20. The molecule has 1 aromatic rings. The molecule has 0 spiro atoms. The van der Waals surface area contributed by atoms with Crippen LogP contribution in [0.2, 0.25) is 0 Å². The van der Waals surface area contributed by atoms with Gasteiger partial charge < -0.3 is 11.1 Å². The van der Waals surface area contributed by atoms with Gasteiger partial charge in [-0.05, 0) is 49.8 Å². The quantitative estimate of drug-likeness (QED) is 0.641. The van der Waals surface area contributed by atoms with Gasteiger partial charge in [0.05, 0.1) is 0 Å². The van der Waals surface area contributed by atoms with Crippen LogP contribution < -0.4 is 11.1 Å². The van der Waals surface area contributed by atoms with Gasteiger partial charge in [0, 0.05) is 23.0 Å². The fraction of sp³-hybridized carbons (Fsp3) is 0.562. The van der Waals surface area contributed by atoms with Crippen molar-refractivity contribution in [1.82, 2.24) is 0 Å². The summed E-state index contributed by atoms with van der Waals surface area (Å²) in [4.78, 5) is 11.4. The van der Waals surface area contributed by atoms with E-state index in [1.54, 1.807) is 6.92 Å². The van der Waals surface area contributed by atoms with Gasteiger partial charge in [-0.25, -0.2) is 0 Å². The first-order valence-electron chi connectivity index (χ1n) is 7.04. The number of nitrogen functional groups attached to an aromatic ring is 1. The van der Waals surface area contributed by atoms with Crippen molar-refractivity contribution in [3.05, 3.63) is 23.8 Å². The molecule has 1 fully saturated rings. The van der Waals surface area contributed by atoms with Crippen molar-refractivity contribution < 1.29 is 4.79 Å². The highest BCUT2D eigenvalue weighted by Crippen LogP contribution is 2.36. The number of nitrogens with one attached hydrogen (secondary N) is 1. The highest BCUT2D eigenvalue weighted by molar-refractivity contribution is 5.99. The molecular formula is C16H24N2O. The lowest BCUT2D eigenvalue weighted by Crippen LogP contribution is -2.31. The molecule has 19 heavy (non-hydrogen) atoms. The molecule has 1 aromatic carbocycles. The van der Waals surface area contributed by atoms with Crippen LogP contribution in [-0.4, -0.2) is 11.8 Å². The summed E-state index contributed by atoms with van der Waals surface area (Å²) in [6.07, 6.45) is 4.96. The fourth-order valence-electron chi connectivity index (χ4n) is 3.03. The first-order chi connectivity index (χ1) is 8.87. The number of hydrogen-bond donors (Lipinski definition) is 2. The Bertz CT molecular complexity index is 480. The Hall–Kier alpha value is -1.51. The highest BCUT2D eigenvalue weighted by atomic mass is 16.1. The molecule has 3 heteroatoms. The lowest BCUT2D eigenvalue weighted by Gasteiger charge is -2.36. The van der Waals surface area contributed by atoms with Crippen molar-refractivity contribution in [2.75, 3.05) is 11.1 Å². The number of rotatable bonds is 3. The molecule has 1 aliphatic rings.